The number of amides is 2. The lowest BCUT2D eigenvalue weighted by atomic mass is 10.1. The Bertz CT molecular complexity index is 1050. The van der Waals surface area contributed by atoms with E-state index in [-0.39, 0.29) is 23.1 Å². The van der Waals surface area contributed by atoms with E-state index in [1.54, 1.807) is 48.5 Å². The molecular formula is C20H17N3O3. The lowest BCUT2D eigenvalue weighted by Gasteiger charge is -2.08. The van der Waals surface area contributed by atoms with Crippen molar-refractivity contribution in [2.24, 2.45) is 5.92 Å². The van der Waals surface area contributed by atoms with E-state index in [1.165, 1.54) is 0 Å². The zero-order valence-electron chi connectivity index (χ0n) is 13.9. The molecule has 26 heavy (non-hydrogen) atoms. The molecule has 0 unspecified atom stereocenters. The number of anilines is 2. The molecule has 1 aliphatic rings. The second-order valence-electron chi connectivity index (χ2n) is 6.39. The summed E-state index contributed by atoms with van der Waals surface area (Å²) in [5.41, 5.74) is 1.17. The summed E-state index contributed by atoms with van der Waals surface area (Å²) in [7, 11) is 0. The predicted octanol–water partition coefficient (Wildman–Crippen LogP) is 3.13. The lowest BCUT2D eigenvalue weighted by molar-refractivity contribution is -0.117. The molecule has 0 saturated heterocycles. The van der Waals surface area contributed by atoms with Gasteiger partial charge in [-0.25, -0.2) is 0 Å². The van der Waals surface area contributed by atoms with Crippen LogP contribution in [0.5, 0.6) is 0 Å². The van der Waals surface area contributed by atoms with Crippen LogP contribution in [0.3, 0.4) is 0 Å². The molecule has 2 amide bonds. The minimum absolute atomic E-state index is 0.0375. The molecule has 130 valence electrons. The summed E-state index contributed by atoms with van der Waals surface area (Å²) in [4.78, 5) is 38.9. The fraction of sp³-hybridized carbons (Fsp3) is 0.150. The van der Waals surface area contributed by atoms with Gasteiger partial charge in [-0.2, -0.15) is 0 Å². The van der Waals surface area contributed by atoms with E-state index in [2.05, 4.69) is 15.6 Å². The summed E-state index contributed by atoms with van der Waals surface area (Å²) in [6.45, 7) is 0. The Labute approximate surface area is 149 Å². The number of aromatic amines is 1. The quantitative estimate of drug-likeness (QED) is 0.677. The first-order valence-electron chi connectivity index (χ1n) is 8.44. The molecular weight excluding hydrogens is 330 g/mol. The first kappa shape index (κ1) is 16.1. The minimum Gasteiger partial charge on any atom is -0.326 e. The van der Waals surface area contributed by atoms with Crippen molar-refractivity contribution in [3.63, 3.8) is 0 Å². The van der Waals surface area contributed by atoms with Gasteiger partial charge in [-0.15, -0.1) is 0 Å². The summed E-state index contributed by atoms with van der Waals surface area (Å²) < 4.78 is 0. The highest BCUT2D eigenvalue weighted by Crippen LogP contribution is 2.30. The Morgan fingerprint density at radius 3 is 2.27 bits per heavy atom. The largest absolute Gasteiger partial charge is 0.326 e. The van der Waals surface area contributed by atoms with Gasteiger partial charge in [0.25, 0.3) is 11.5 Å². The van der Waals surface area contributed by atoms with Crippen molar-refractivity contribution < 1.29 is 9.59 Å². The van der Waals surface area contributed by atoms with Crippen molar-refractivity contribution in [3.05, 3.63) is 70.6 Å². The predicted molar refractivity (Wildman–Crippen MR) is 100 cm³/mol. The van der Waals surface area contributed by atoms with Crippen LogP contribution in [0, 0.1) is 5.92 Å². The zero-order valence-corrected chi connectivity index (χ0v) is 13.9. The van der Waals surface area contributed by atoms with Crippen molar-refractivity contribution in [1.29, 1.82) is 0 Å². The van der Waals surface area contributed by atoms with Crippen LogP contribution in [0.25, 0.3) is 10.8 Å². The molecule has 1 aromatic heterocycles. The third-order valence-electron chi connectivity index (χ3n) is 4.36. The molecule has 1 heterocycles. The number of rotatable bonds is 4. The first-order chi connectivity index (χ1) is 12.6. The lowest BCUT2D eigenvalue weighted by Crippen LogP contribution is -2.19. The number of hydrogen-bond donors (Lipinski definition) is 3. The Morgan fingerprint density at radius 1 is 0.923 bits per heavy atom. The average molecular weight is 347 g/mol. The van der Waals surface area contributed by atoms with E-state index in [9.17, 15) is 14.4 Å². The normalized spacial score (nSPS) is 13.4. The molecule has 6 heteroatoms. The van der Waals surface area contributed by atoms with Crippen LogP contribution in [-0.4, -0.2) is 16.8 Å². The molecule has 0 atom stereocenters. The van der Waals surface area contributed by atoms with Gasteiger partial charge in [-0.3, -0.25) is 14.4 Å². The van der Waals surface area contributed by atoms with Crippen LogP contribution < -0.4 is 16.2 Å². The van der Waals surface area contributed by atoms with Crippen LogP contribution in [0.4, 0.5) is 11.4 Å². The third kappa shape index (κ3) is 3.35. The summed E-state index contributed by atoms with van der Waals surface area (Å²) in [6, 6.07) is 15.6. The van der Waals surface area contributed by atoms with Gasteiger partial charge in [0, 0.05) is 22.7 Å². The maximum Gasteiger partial charge on any atom is 0.272 e. The Morgan fingerprint density at radius 2 is 1.58 bits per heavy atom. The molecule has 0 spiro atoms. The number of pyridine rings is 1. The van der Waals surface area contributed by atoms with Gasteiger partial charge in [0.1, 0.15) is 5.69 Å². The molecule has 6 nitrogen and oxygen atoms in total. The van der Waals surface area contributed by atoms with E-state index in [0.29, 0.717) is 22.1 Å². The van der Waals surface area contributed by atoms with Gasteiger partial charge in [0.05, 0.1) is 0 Å². The standard InChI is InChI=1S/C20H17N3O3/c24-18(12-5-6-12)21-14-7-9-15(10-8-14)22-20(26)17-11-13-3-1-2-4-16(13)19(25)23-17/h1-4,7-12H,5-6H2,(H,21,24)(H,22,26)(H,23,25). The second kappa shape index (κ2) is 6.48. The third-order valence-corrected chi connectivity index (χ3v) is 4.36. The number of benzene rings is 2. The van der Waals surface area contributed by atoms with Crippen LogP contribution in [0.2, 0.25) is 0 Å². The van der Waals surface area contributed by atoms with Gasteiger partial charge in [0.2, 0.25) is 5.91 Å². The first-order valence-corrected chi connectivity index (χ1v) is 8.44. The average Bonchev–Trinajstić information content (AvgIpc) is 3.48. The summed E-state index contributed by atoms with van der Waals surface area (Å²) in [5.74, 6) is -0.225. The Balaban J connectivity index is 1.49. The van der Waals surface area contributed by atoms with E-state index < -0.39 is 5.91 Å². The highest BCUT2D eigenvalue weighted by atomic mass is 16.2. The SMILES string of the molecule is O=C(Nc1ccc(NC(=O)C2CC2)cc1)c1cc2ccccc2c(=O)[nH]1. The second-order valence-corrected chi connectivity index (χ2v) is 6.39. The fourth-order valence-corrected chi connectivity index (χ4v) is 2.76. The van der Waals surface area contributed by atoms with Gasteiger partial charge >= 0.3 is 0 Å². The summed E-state index contributed by atoms with van der Waals surface area (Å²) in [5, 5.41) is 6.84. The van der Waals surface area contributed by atoms with Crippen LogP contribution >= 0.6 is 0 Å². The number of H-pyrrole nitrogens is 1. The highest BCUT2D eigenvalue weighted by molar-refractivity contribution is 6.05. The maximum atomic E-state index is 12.4. The molecule has 0 bridgehead atoms. The van der Waals surface area contributed by atoms with E-state index in [0.717, 1.165) is 12.8 Å². The molecule has 1 fully saturated rings. The topological polar surface area (TPSA) is 91.1 Å². The van der Waals surface area contributed by atoms with E-state index in [4.69, 9.17) is 0 Å². The Kier molecular flexibility index (Phi) is 4.01. The molecule has 1 saturated carbocycles. The summed E-state index contributed by atoms with van der Waals surface area (Å²) >= 11 is 0. The molecule has 3 aromatic rings. The Hall–Kier alpha value is -3.41. The molecule has 2 aromatic carbocycles. The monoisotopic (exact) mass is 347 g/mol. The number of aromatic nitrogens is 1. The zero-order chi connectivity index (χ0) is 18.1. The smallest absolute Gasteiger partial charge is 0.272 e. The molecule has 1 aliphatic carbocycles. The van der Waals surface area contributed by atoms with Crippen molar-refractivity contribution in [1.82, 2.24) is 4.98 Å². The minimum atomic E-state index is -0.400. The molecule has 0 radical (unpaired) electrons. The number of nitrogens with one attached hydrogen (secondary N) is 3. The van der Waals surface area contributed by atoms with Gasteiger partial charge in [-0.1, -0.05) is 18.2 Å². The highest BCUT2D eigenvalue weighted by Gasteiger charge is 2.29. The number of hydrogen-bond acceptors (Lipinski definition) is 3. The number of carbonyl (C=O) groups excluding carboxylic acids is 2. The van der Waals surface area contributed by atoms with Crippen LogP contribution in [0.1, 0.15) is 23.3 Å². The molecule has 0 aliphatic heterocycles. The number of carbonyl (C=O) groups is 2. The van der Waals surface area contributed by atoms with Crippen molar-refractivity contribution in [2.45, 2.75) is 12.8 Å². The van der Waals surface area contributed by atoms with E-state index >= 15 is 0 Å². The van der Waals surface area contributed by atoms with E-state index in [1.807, 2.05) is 6.07 Å². The van der Waals surface area contributed by atoms with Crippen LogP contribution in [-0.2, 0) is 4.79 Å². The van der Waals surface area contributed by atoms with Crippen molar-refractivity contribution in [2.75, 3.05) is 10.6 Å². The van der Waals surface area contributed by atoms with Gasteiger partial charge < -0.3 is 15.6 Å². The maximum absolute atomic E-state index is 12.4. The van der Waals surface area contributed by atoms with Crippen LogP contribution in [0.15, 0.2) is 59.4 Å². The van der Waals surface area contributed by atoms with Gasteiger partial charge in [0.15, 0.2) is 0 Å². The summed E-state index contributed by atoms with van der Waals surface area (Å²) in [6.07, 6.45) is 1.90. The van der Waals surface area contributed by atoms with Gasteiger partial charge in [-0.05, 0) is 54.6 Å². The molecule has 3 N–H and O–H groups in total. The number of fused-ring (bicyclic) bond motifs is 1. The fourth-order valence-electron chi connectivity index (χ4n) is 2.76. The van der Waals surface area contributed by atoms with Crippen molar-refractivity contribution in [3.8, 4) is 0 Å². The van der Waals surface area contributed by atoms with Crippen molar-refractivity contribution >= 4 is 34.0 Å². The molecule has 4 rings (SSSR count).